The number of thioether (sulfide) groups is 1. The Balaban J connectivity index is 1.39. The monoisotopic (exact) mass is 498 g/mol. The van der Waals surface area contributed by atoms with Gasteiger partial charge in [0.15, 0.2) is 0 Å². The van der Waals surface area contributed by atoms with Crippen molar-refractivity contribution in [2.24, 2.45) is 4.99 Å². The minimum atomic E-state index is -5.46. The van der Waals surface area contributed by atoms with Crippen molar-refractivity contribution in [2.45, 2.75) is 42.5 Å². The Morgan fingerprint density at radius 2 is 1.88 bits per heavy atom. The summed E-state index contributed by atoms with van der Waals surface area (Å²) in [5.74, 6) is 0.299. The van der Waals surface area contributed by atoms with Crippen LogP contribution in [0, 0.1) is 0 Å². The summed E-state index contributed by atoms with van der Waals surface area (Å²) in [6.07, 6.45) is 6.58. The van der Waals surface area contributed by atoms with Crippen LogP contribution in [0.2, 0.25) is 0 Å². The van der Waals surface area contributed by atoms with Gasteiger partial charge in [0.2, 0.25) is 11.8 Å². The zero-order valence-electron chi connectivity index (χ0n) is 17.7. The lowest BCUT2D eigenvalue weighted by Crippen LogP contribution is -2.42. The van der Waals surface area contributed by atoms with Crippen LogP contribution in [-0.4, -0.2) is 47.0 Å². The van der Waals surface area contributed by atoms with Gasteiger partial charge < -0.3 is 4.42 Å². The standard InChI is InChI=1S/C21H21F3N4O3S2/c1-20(2,12-25-33(29,30)21(22,23)24)19-28-27-17(31-19)11-18-26-15-9-8-14(10-16(15)32-18)13-6-4-3-5-7-13/h3-10,15-16,25H,11-12H2,1-2H3. The zero-order valence-corrected chi connectivity index (χ0v) is 19.3. The summed E-state index contributed by atoms with van der Waals surface area (Å²) >= 11 is 1.60. The maximum Gasteiger partial charge on any atom is 0.511 e. The molecule has 0 saturated carbocycles. The molecule has 1 aromatic carbocycles. The van der Waals surface area contributed by atoms with Crippen LogP contribution in [0.1, 0.15) is 31.2 Å². The van der Waals surface area contributed by atoms with E-state index in [0.29, 0.717) is 0 Å². The summed E-state index contributed by atoms with van der Waals surface area (Å²) in [6, 6.07) is 10.1. The van der Waals surface area contributed by atoms with E-state index in [1.54, 1.807) is 16.5 Å². The molecule has 0 radical (unpaired) electrons. The lowest BCUT2D eigenvalue weighted by Gasteiger charge is -2.21. The Morgan fingerprint density at radius 3 is 2.58 bits per heavy atom. The van der Waals surface area contributed by atoms with E-state index >= 15 is 0 Å². The van der Waals surface area contributed by atoms with Crippen molar-refractivity contribution in [3.05, 3.63) is 65.9 Å². The maximum absolute atomic E-state index is 12.6. The Kier molecular flexibility index (Phi) is 6.27. The first kappa shape index (κ1) is 23.7. The second kappa shape index (κ2) is 8.73. The highest BCUT2D eigenvalue weighted by Crippen LogP contribution is 2.36. The van der Waals surface area contributed by atoms with Crippen LogP contribution < -0.4 is 4.72 Å². The second-order valence-corrected chi connectivity index (χ2v) is 11.3. The van der Waals surface area contributed by atoms with Crippen LogP contribution >= 0.6 is 11.8 Å². The Bertz CT molecular complexity index is 1220. The van der Waals surface area contributed by atoms with Crippen LogP contribution in [0.4, 0.5) is 13.2 Å². The van der Waals surface area contributed by atoms with Crippen molar-refractivity contribution >= 4 is 32.4 Å². The fourth-order valence-electron chi connectivity index (χ4n) is 3.29. The van der Waals surface area contributed by atoms with Crippen LogP contribution in [-0.2, 0) is 21.9 Å². The minimum absolute atomic E-state index is 0.00747. The highest BCUT2D eigenvalue weighted by atomic mass is 32.2. The highest BCUT2D eigenvalue weighted by molar-refractivity contribution is 8.15. The molecule has 4 rings (SSSR count). The molecule has 176 valence electrons. The molecule has 1 aliphatic carbocycles. The van der Waals surface area contributed by atoms with Crippen molar-refractivity contribution < 1.29 is 26.0 Å². The first-order chi connectivity index (χ1) is 15.4. The van der Waals surface area contributed by atoms with Gasteiger partial charge >= 0.3 is 15.5 Å². The van der Waals surface area contributed by atoms with Crippen LogP contribution in [0.15, 0.2) is 58.0 Å². The fourth-order valence-corrected chi connectivity index (χ4v) is 5.21. The molecule has 0 saturated heterocycles. The van der Waals surface area contributed by atoms with E-state index in [1.165, 1.54) is 13.8 Å². The molecule has 1 aliphatic heterocycles. The average molecular weight is 499 g/mol. The van der Waals surface area contributed by atoms with Gasteiger partial charge in [-0.05, 0) is 25.0 Å². The SMILES string of the molecule is CC(C)(CNS(=O)(=O)C(F)(F)F)c1nnc(CC2=NC3C=CC(c4ccccc4)=CC3S2)o1. The van der Waals surface area contributed by atoms with Gasteiger partial charge in [0.05, 0.1) is 28.2 Å². The van der Waals surface area contributed by atoms with Crippen molar-refractivity contribution in [1.29, 1.82) is 0 Å². The van der Waals surface area contributed by atoms with E-state index in [1.807, 2.05) is 18.2 Å². The molecule has 0 fully saturated rings. The third kappa shape index (κ3) is 5.22. The van der Waals surface area contributed by atoms with Gasteiger partial charge in [0, 0.05) is 6.54 Å². The number of benzene rings is 1. The molecule has 1 N–H and O–H groups in total. The minimum Gasteiger partial charge on any atom is -0.424 e. The molecule has 2 heterocycles. The molecule has 2 atom stereocenters. The van der Waals surface area contributed by atoms with Gasteiger partial charge in [-0.3, -0.25) is 4.99 Å². The second-order valence-electron chi connectivity index (χ2n) is 8.27. The molecule has 2 unspecified atom stereocenters. The average Bonchev–Trinajstić information content (AvgIpc) is 3.39. The van der Waals surface area contributed by atoms with Gasteiger partial charge in [-0.25, -0.2) is 13.1 Å². The van der Waals surface area contributed by atoms with Gasteiger partial charge in [-0.2, -0.15) is 13.2 Å². The smallest absolute Gasteiger partial charge is 0.424 e. The number of halogens is 3. The first-order valence-electron chi connectivity index (χ1n) is 10.0. The van der Waals surface area contributed by atoms with Crippen molar-refractivity contribution in [3.63, 3.8) is 0 Å². The lowest BCUT2D eigenvalue weighted by molar-refractivity contribution is -0.0448. The number of aliphatic imine (C=N–C) groups is 1. The summed E-state index contributed by atoms with van der Waals surface area (Å²) in [6.45, 7) is 2.48. The van der Waals surface area contributed by atoms with E-state index in [9.17, 15) is 21.6 Å². The maximum atomic E-state index is 12.6. The quantitative estimate of drug-likeness (QED) is 0.623. The summed E-state index contributed by atoms with van der Waals surface area (Å²) in [5.41, 5.74) is -4.27. The summed E-state index contributed by atoms with van der Waals surface area (Å²) in [7, 11) is -5.46. The molecular formula is C21H21F3N4O3S2. The summed E-state index contributed by atoms with van der Waals surface area (Å²) in [5, 5.41) is 8.85. The molecule has 2 aromatic rings. The van der Waals surface area contributed by atoms with Gasteiger partial charge in [-0.15, -0.1) is 22.0 Å². The molecule has 0 amide bonds. The number of alkyl halides is 3. The number of aromatic nitrogens is 2. The number of allylic oxidation sites excluding steroid dienone is 2. The lowest BCUT2D eigenvalue weighted by atomic mass is 9.94. The number of sulfonamides is 1. The third-order valence-corrected chi connectivity index (χ3v) is 7.53. The van der Waals surface area contributed by atoms with Gasteiger partial charge in [-0.1, -0.05) is 48.6 Å². The fraction of sp³-hybridized carbons (Fsp3) is 0.381. The molecule has 33 heavy (non-hydrogen) atoms. The van der Waals surface area contributed by atoms with Crippen LogP contribution in [0.5, 0.6) is 0 Å². The number of nitrogens with one attached hydrogen (secondary N) is 1. The largest absolute Gasteiger partial charge is 0.511 e. The van der Waals surface area contributed by atoms with E-state index in [-0.39, 0.29) is 29.5 Å². The normalized spacial score (nSPS) is 21.0. The summed E-state index contributed by atoms with van der Waals surface area (Å²) in [4.78, 5) is 4.70. The number of nitrogens with zero attached hydrogens (tertiary/aromatic N) is 3. The number of hydrogen-bond acceptors (Lipinski definition) is 7. The predicted molar refractivity (Wildman–Crippen MR) is 120 cm³/mol. The Morgan fingerprint density at radius 1 is 1.15 bits per heavy atom. The number of hydrogen-bond donors (Lipinski definition) is 1. The Hall–Kier alpha value is -2.44. The molecule has 0 spiro atoms. The van der Waals surface area contributed by atoms with E-state index in [2.05, 4.69) is 40.6 Å². The van der Waals surface area contributed by atoms with E-state index in [0.717, 1.165) is 16.2 Å². The van der Waals surface area contributed by atoms with E-state index in [4.69, 9.17) is 9.41 Å². The molecule has 7 nitrogen and oxygen atoms in total. The van der Waals surface area contributed by atoms with Crippen molar-refractivity contribution in [2.75, 3.05) is 6.54 Å². The molecule has 12 heteroatoms. The van der Waals surface area contributed by atoms with E-state index < -0.39 is 27.5 Å². The summed E-state index contributed by atoms with van der Waals surface area (Å²) < 4.78 is 67.4. The molecule has 0 bridgehead atoms. The third-order valence-electron chi connectivity index (χ3n) is 5.18. The topological polar surface area (TPSA) is 97.5 Å². The Labute approximate surface area is 193 Å². The highest BCUT2D eigenvalue weighted by Gasteiger charge is 2.46. The van der Waals surface area contributed by atoms with Crippen molar-refractivity contribution in [1.82, 2.24) is 14.9 Å². The molecule has 1 aromatic heterocycles. The van der Waals surface area contributed by atoms with Gasteiger partial charge in [0.1, 0.15) is 0 Å². The number of rotatable bonds is 7. The molecule has 2 aliphatic rings. The van der Waals surface area contributed by atoms with Crippen LogP contribution in [0.3, 0.4) is 0 Å². The van der Waals surface area contributed by atoms with Crippen molar-refractivity contribution in [3.8, 4) is 0 Å². The molecular weight excluding hydrogens is 477 g/mol. The number of fused-ring (bicyclic) bond motifs is 1. The van der Waals surface area contributed by atoms with Crippen LogP contribution in [0.25, 0.3) is 5.57 Å². The zero-order chi connectivity index (χ0) is 23.9. The van der Waals surface area contributed by atoms with Gasteiger partial charge in [0.25, 0.3) is 0 Å². The first-order valence-corrected chi connectivity index (χ1v) is 12.4. The predicted octanol–water partition coefficient (Wildman–Crippen LogP) is 3.86.